The fourth-order valence-corrected chi connectivity index (χ4v) is 7.88. The summed E-state index contributed by atoms with van der Waals surface area (Å²) in [7, 11) is -4.06. The molecule has 0 N–H and O–H groups in total. The fraction of sp³-hybridized carbons (Fsp3) is 0.700. The molecule has 26 heavy (non-hydrogen) atoms. The van der Waals surface area contributed by atoms with Gasteiger partial charge in [-0.25, -0.2) is 0 Å². The van der Waals surface area contributed by atoms with Crippen LogP contribution >= 0.6 is 0 Å². The quantitative estimate of drug-likeness (QED) is 0.410. The number of rotatable bonds is 14. The number of hydrogen-bond acceptors (Lipinski definition) is 4. The lowest BCUT2D eigenvalue weighted by atomic mass is 10.1. The van der Waals surface area contributed by atoms with Gasteiger partial charge in [-0.3, -0.25) is 0 Å². The molecule has 0 aliphatic rings. The molecule has 150 valence electrons. The Morgan fingerprint density at radius 2 is 0.846 bits per heavy atom. The Kier molecular flexibility index (Phi) is 10.9. The summed E-state index contributed by atoms with van der Waals surface area (Å²) in [5.41, 5.74) is 2.70. The van der Waals surface area contributed by atoms with Crippen LogP contribution in [0.5, 0.6) is 0 Å². The van der Waals surface area contributed by atoms with E-state index in [0.29, 0.717) is 0 Å². The molecule has 0 saturated carbocycles. The van der Waals surface area contributed by atoms with Gasteiger partial charge in [-0.15, -0.1) is 0 Å². The van der Waals surface area contributed by atoms with Gasteiger partial charge in [-0.2, -0.15) is 0 Å². The molecule has 1 aromatic carbocycles. The molecule has 1 rings (SSSR count). The second-order valence-corrected chi connectivity index (χ2v) is 13.5. The zero-order valence-electron chi connectivity index (χ0n) is 17.6. The van der Waals surface area contributed by atoms with E-state index < -0.39 is 17.1 Å². The first-order valence-corrected chi connectivity index (χ1v) is 15.1. The zero-order valence-corrected chi connectivity index (χ0v) is 19.6. The first-order chi connectivity index (χ1) is 12.4. The third-order valence-corrected chi connectivity index (χ3v) is 10.5. The summed E-state index contributed by atoms with van der Waals surface area (Å²) in [6.45, 7) is 15.4. The molecule has 0 saturated heterocycles. The van der Waals surface area contributed by atoms with Crippen molar-refractivity contribution in [2.24, 2.45) is 0 Å². The Bertz CT molecular complexity index is 436. The topological polar surface area (TPSA) is 36.9 Å². The lowest BCUT2D eigenvalue weighted by Gasteiger charge is -2.26. The van der Waals surface area contributed by atoms with Gasteiger partial charge in [0.2, 0.25) is 0 Å². The smallest absolute Gasteiger partial charge is 0.335 e. The highest BCUT2D eigenvalue weighted by Crippen LogP contribution is 2.20. The van der Waals surface area contributed by atoms with Gasteiger partial charge in [-0.05, 0) is 76.8 Å². The minimum Gasteiger partial charge on any atom is -0.395 e. The molecular formula is C20H38O4Si2. The maximum atomic E-state index is 5.93. The summed E-state index contributed by atoms with van der Waals surface area (Å²) in [6.07, 6.45) is 2.01. The molecule has 0 aromatic heterocycles. The summed E-state index contributed by atoms with van der Waals surface area (Å²) >= 11 is 0. The van der Waals surface area contributed by atoms with E-state index in [9.17, 15) is 0 Å². The maximum absolute atomic E-state index is 5.93. The van der Waals surface area contributed by atoms with E-state index in [1.54, 1.807) is 0 Å². The zero-order chi connectivity index (χ0) is 19.5. The summed E-state index contributed by atoms with van der Waals surface area (Å²) in [4.78, 5) is 0. The van der Waals surface area contributed by atoms with Gasteiger partial charge in [-0.1, -0.05) is 24.3 Å². The minimum absolute atomic E-state index is 0.726. The molecule has 0 heterocycles. The summed E-state index contributed by atoms with van der Waals surface area (Å²) in [6, 6.07) is 10.9. The van der Waals surface area contributed by atoms with E-state index in [-0.39, 0.29) is 0 Å². The van der Waals surface area contributed by atoms with Crippen molar-refractivity contribution in [1.29, 1.82) is 0 Å². The van der Waals surface area contributed by atoms with Crippen LogP contribution in [0, 0.1) is 0 Å². The SMILES string of the molecule is CCO[Si](C)(CCc1ccc(CC[Si](C)(OCC)OCC)cc1)OCC. The second-order valence-electron chi connectivity index (χ2n) is 6.82. The normalized spacial score (nSPS) is 12.5. The van der Waals surface area contributed by atoms with E-state index in [4.69, 9.17) is 17.7 Å². The summed E-state index contributed by atoms with van der Waals surface area (Å²) < 4.78 is 23.7. The predicted molar refractivity (Wildman–Crippen MR) is 113 cm³/mol. The van der Waals surface area contributed by atoms with E-state index >= 15 is 0 Å². The van der Waals surface area contributed by atoms with Crippen LogP contribution in [0.25, 0.3) is 0 Å². The molecule has 0 spiro atoms. The molecular weight excluding hydrogens is 360 g/mol. The first-order valence-electron chi connectivity index (χ1n) is 10.0. The Balaban J connectivity index is 2.57. The fourth-order valence-electron chi connectivity index (χ4n) is 3.21. The van der Waals surface area contributed by atoms with E-state index in [1.165, 1.54) is 11.1 Å². The third-order valence-electron chi connectivity index (χ3n) is 4.56. The van der Waals surface area contributed by atoms with Gasteiger partial charge in [0.05, 0.1) is 0 Å². The molecule has 6 heteroatoms. The molecule has 0 radical (unpaired) electrons. The van der Waals surface area contributed by atoms with Crippen LogP contribution in [0.15, 0.2) is 24.3 Å². The van der Waals surface area contributed by atoms with Crippen molar-refractivity contribution in [3.05, 3.63) is 35.4 Å². The Hall–Kier alpha value is -0.506. The van der Waals surface area contributed by atoms with Crippen LogP contribution in [-0.2, 0) is 30.5 Å². The van der Waals surface area contributed by atoms with Crippen molar-refractivity contribution in [3.63, 3.8) is 0 Å². The largest absolute Gasteiger partial charge is 0.395 e. The molecule has 0 unspecified atom stereocenters. The number of aryl methyl sites for hydroxylation is 2. The van der Waals surface area contributed by atoms with Crippen molar-refractivity contribution in [2.45, 2.75) is 65.7 Å². The predicted octanol–water partition coefficient (Wildman–Crippen LogP) is 5.06. The monoisotopic (exact) mass is 398 g/mol. The lowest BCUT2D eigenvalue weighted by molar-refractivity contribution is 0.188. The van der Waals surface area contributed by atoms with Crippen molar-refractivity contribution < 1.29 is 17.7 Å². The van der Waals surface area contributed by atoms with Crippen LogP contribution in [0.1, 0.15) is 38.8 Å². The van der Waals surface area contributed by atoms with Crippen molar-refractivity contribution in [2.75, 3.05) is 26.4 Å². The molecule has 0 aliphatic carbocycles. The molecule has 0 amide bonds. The van der Waals surface area contributed by atoms with Crippen LogP contribution in [0.2, 0.25) is 25.2 Å². The van der Waals surface area contributed by atoms with E-state index in [1.807, 2.05) is 27.7 Å². The highest BCUT2D eigenvalue weighted by Gasteiger charge is 2.31. The van der Waals surface area contributed by atoms with Gasteiger partial charge >= 0.3 is 17.1 Å². The van der Waals surface area contributed by atoms with Gasteiger partial charge in [0.15, 0.2) is 0 Å². The standard InChI is InChI=1S/C20H38O4Si2/c1-7-21-25(5,22-8-2)17-15-19-11-13-20(14-12-19)16-18-26(6,23-9-3)24-10-4/h11-14H,7-10,15-18H2,1-6H3. The van der Waals surface area contributed by atoms with Crippen molar-refractivity contribution in [3.8, 4) is 0 Å². The van der Waals surface area contributed by atoms with Crippen molar-refractivity contribution >= 4 is 17.1 Å². The van der Waals surface area contributed by atoms with Crippen LogP contribution < -0.4 is 0 Å². The van der Waals surface area contributed by atoms with Crippen LogP contribution in [0.3, 0.4) is 0 Å². The minimum atomic E-state index is -2.03. The van der Waals surface area contributed by atoms with Gasteiger partial charge in [0.1, 0.15) is 0 Å². The number of benzene rings is 1. The molecule has 0 bridgehead atoms. The van der Waals surface area contributed by atoms with Crippen molar-refractivity contribution in [1.82, 2.24) is 0 Å². The second kappa shape index (κ2) is 12.1. The summed E-state index contributed by atoms with van der Waals surface area (Å²) in [5.74, 6) is 0. The molecule has 0 aliphatic heterocycles. The molecule has 4 nitrogen and oxygen atoms in total. The maximum Gasteiger partial charge on any atom is 0.335 e. The molecule has 0 fully saturated rings. The average Bonchev–Trinajstić information content (AvgIpc) is 2.60. The Labute approximate surface area is 162 Å². The number of hydrogen-bond donors (Lipinski definition) is 0. The average molecular weight is 399 g/mol. The van der Waals surface area contributed by atoms with Gasteiger partial charge in [0.25, 0.3) is 0 Å². The van der Waals surface area contributed by atoms with Crippen LogP contribution in [-0.4, -0.2) is 43.5 Å². The highest BCUT2D eigenvalue weighted by molar-refractivity contribution is 6.66. The van der Waals surface area contributed by atoms with E-state index in [2.05, 4.69) is 37.4 Å². The van der Waals surface area contributed by atoms with E-state index in [0.717, 1.165) is 51.4 Å². The molecule has 1 aromatic rings. The highest BCUT2D eigenvalue weighted by atomic mass is 28.4. The lowest BCUT2D eigenvalue weighted by Crippen LogP contribution is -2.39. The first kappa shape index (κ1) is 23.5. The Morgan fingerprint density at radius 1 is 0.577 bits per heavy atom. The third kappa shape index (κ3) is 8.46. The van der Waals surface area contributed by atoms with Gasteiger partial charge < -0.3 is 17.7 Å². The van der Waals surface area contributed by atoms with Crippen LogP contribution in [0.4, 0.5) is 0 Å². The Morgan fingerprint density at radius 3 is 1.08 bits per heavy atom. The molecule has 0 atom stereocenters. The summed E-state index contributed by atoms with van der Waals surface area (Å²) in [5, 5.41) is 0. The van der Waals surface area contributed by atoms with Gasteiger partial charge in [0, 0.05) is 26.4 Å².